The molecule has 4 aromatic carbocycles. The van der Waals surface area contributed by atoms with Gasteiger partial charge in [-0.1, -0.05) is 54.1 Å². The highest BCUT2D eigenvalue weighted by molar-refractivity contribution is 7.91. The van der Waals surface area contributed by atoms with E-state index >= 15 is 0 Å². The van der Waals surface area contributed by atoms with Gasteiger partial charge in [0, 0.05) is 17.3 Å². The first-order chi connectivity index (χ1) is 18.2. The summed E-state index contributed by atoms with van der Waals surface area (Å²) in [7, 11) is -3.92. The van der Waals surface area contributed by atoms with E-state index in [0.717, 1.165) is 11.1 Å². The summed E-state index contributed by atoms with van der Waals surface area (Å²) < 4.78 is 26.4. The molecular weight excluding hydrogens is 559 g/mol. The minimum atomic E-state index is -3.92. The molecule has 4 aromatic rings. The van der Waals surface area contributed by atoms with Crippen LogP contribution >= 0.6 is 24.0 Å². The molecular formula is C29H28Cl2N2O5S. The second-order valence-corrected chi connectivity index (χ2v) is 11.1. The largest absolute Gasteiger partial charge is 0.507 e. The van der Waals surface area contributed by atoms with Crippen LogP contribution in [-0.4, -0.2) is 37.6 Å². The lowest BCUT2D eigenvalue weighted by Gasteiger charge is -2.13. The number of nitrogens with one attached hydrogen (secondary N) is 2. The average molecular weight is 588 g/mol. The maximum Gasteiger partial charge on any atom is 0.259 e. The number of aliphatic hydroxyl groups excluding tert-OH is 1. The minimum Gasteiger partial charge on any atom is -0.507 e. The first kappa shape index (κ1) is 30.1. The van der Waals surface area contributed by atoms with E-state index in [0.29, 0.717) is 30.2 Å². The van der Waals surface area contributed by atoms with E-state index in [4.69, 9.17) is 11.6 Å². The van der Waals surface area contributed by atoms with Gasteiger partial charge in [-0.05, 0) is 78.7 Å². The molecule has 4 rings (SSSR count). The third-order valence-corrected chi connectivity index (χ3v) is 7.95. The number of aliphatic hydroxyl groups is 1. The Morgan fingerprint density at radius 2 is 1.56 bits per heavy atom. The first-order valence-electron chi connectivity index (χ1n) is 11.9. The fourth-order valence-corrected chi connectivity index (χ4v) is 5.34. The molecule has 39 heavy (non-hydrogen) atoms. The van der Waals surface area contributed by atoms with Crippen LogP contribution in [0, 0.1) is 0 Å². The number of aromatic hydroxyl groups is 1. The van der Waals surface area contributed by atoms with Crippen LogP contribution in [-0.2, 0) is 16.3 Å². The van der Waals surface area contributed by atoms with Crippen molar-refractivity contribution in [2.75, 3.05) is 18.4 Å². The Labute approximate surface area is 238 Å². The molecule has 7 nitrogen and oxygen atoms in total. The molecule has 0 radical (unpaired) electrons. The number of rotatable bonds is 10. The maximum atomic E-state index is 13.2. The van der Waals surface area contributed by atoms with Crippen molar-refractivity contribution in [3.05, 3.63) is 119 Å². The van der Waals surface area contributed by atoms with Crippen molar-refractivity contribution in [3.63, 3.8) is 0 Å². The number of hydrogen-bond acceptors (Lipinski definition) is 6. The van der Waals surface area contributed by atoms with Gasteiger partial charge in [0.05, 0.1) is 21.5 Å². The van der Waals surface area contributed by atoms with Crippen LogP contribution in [0.3, 0.4) is 0 Å². The SMILES string of the molecule is Cl.O=C(Nc1ccccc1)c1cc(S(=O)(=O)c2ccc(CCNC[C@@H](O)c3cccc(Cl)c3)cc2)ccc1O. The summed E-state index contributed by atoms with van der Waals surface area (Å²) in [5, 5.41) is 26.9. The van der Waals surface area contributed by atoms with Gasteiger partial charge in [0.1, 0.15) is 5.75 Å². The van der Waals surface area contributed by atoms with Crippen LogP contribution in [0.15, 0.2) is 107 Å². The number of carbonyl (C=O) groups is 1. The topological polar surface area (TPSA) is 116 Å². The van der Waals surface area contributed by atoms with Crippen molar-refractivity contribution in [1.29, 1.82) is 0 Å². The number of anilines is 1. The Bertz CT molecular complexity index is 1510. The number of benzene rings is 4. The van der Waals surface area contributed by atoms with Gasteiger partial charge < -0.3 is 20.8 Å². The normalized spacial score (nSPS) is 11.8. The summed E-state index contributed by atoms with van der Waals surface area (Å²) in [6.45, 7) is 0.940. The van der Waals surface area contributed by atoms with E-state index in [2.05, 4.69) is 10.6 Å². The Kier molecular flexibility index (Phi) is 10.5. The smallest absolute Gasteiger partial charge is 0.259 e. The standard InChI is InChI=1S/C29H27ClN2O5S.ClH/c30-22-6-4-5-21(17-22)28(34)19-31-16-15-20-9-11-24(12-10-20)38(36,37)25-13-14-27(33)26(18-25)29(35)32-23-7-2-1-3-8-23;/h1-14,17-18,28,31,33-34H,15-16,19H2,(H,32,35);1H/t28-;/m1./s1. The lowest BCUT2D eigenvalue weighted by molar-refractivity contribution is 0.102. The van der Waals surface area contributed by atoms with E-state index in [1.807, 2.05) is 6.07 Å². The van der Waals surface area contributed by atoms with Crippen molar-refractivity contribution in [2.45, 2.75) is 22.3 Å². The lowest BCUT2D eigenvalue weighted by Crippen LogP contribution is -2.23. The molecule has 0 unspecified atom stereocenters. The average Bonchev–Trinajstić information content (AvgIpc) is 2.92. The van der Waals surface area contributed by atoms with Crippen molar-refractivity contribution >= 4 is 45.4 Å². The van der Waals surface area contributed by atoms with E-state index in [1.165, 1.54) is 30.3 Å². The second kappa shape index (κ2) is 13.6. The molecule has 10 heteroatoms. The summed E-state index contributed by atoms with van der Waals surface area (Å²) in [5.41, 5.74) is 2.03. The van der Waals surface area contributed by atoms with Crippen molar-refractivity contribution < 1.29 is 23.4 Å². The van der Waals surface area contributed by atoms with Crippen LogP contribution in [0.25, 0.3) is 0 Å². The number of para-hydroxylation sites is 1. The molecule has 0 saturated carbocycles. The Morgan fingerprint density at radius 1 is 0.872 bits per heavy atom. The van der Waals surface area contributed by atoms with E-state index in [-0.39, 0.29) is 33.5 Å². The summed E-state index contributed by atoms with van der Waals surface area (Å²) in [4.78, 5) is 12.6. The molecule has 0 saturated heterocycles. The highest BCUT2D eigenvalue weighted by atomic mass is 35.5. The number of phenolic OH excluding ortho intramolecular Hbond substituents is 1. The highest BCUT2D eigenvalue weighted by Crippen LogP contribution is 2.27. The molecule has 0 spiro atoms. The van der Waals surface area contributed by atoms with Gasteiger partial charge in [0.25, 0.3) is 5.91 Å². The Balaban J connectivity index is 0.00000420. The molecule has 0 aliphatic heterocycles. The van der Waals surface area contributed by atoms with Gasteiger partial charge in [-0.3, -0.25) is 4.79 Å². The van der Waals surface area contributed by atoms with Crippen LogP contribution in [0.4, 0.5) is 5.69 Å². The minimum absolute atomic E-state index is 0. The van der Waals surface area contributed by atoms with Gasteiger partial charge in [0.15, 0.2) is 0 Å². The lowest BCUT2D eigenvalue weighted by atomic mass is 10.1. The zero-order valence-corrected chi connectivity index (χ0v) is 23.1. The van der Waals surface area contributed by atoms with Gasteiger partial charge in [-0.2, -0.15) is 0 Å². The van der Waals surface area contributed by atoms with Gasteiger partial charge in [0.2, 0.25) is 9.84 Å². The molecule has 0 heterocycles. The molecule has 204 valence electrons. The van der Waals surface area contributed by atoms with Gasteiger partial charge >= 0.3 is 0 Å². The summed E-state index contributed by atoms with van der Waals surface area (Å²) in [6, 6.07) is 25.9. The number of sulfone groups is 1. The molecule has 4 N–H and O–H groups in total. The third-order valence-electron chi connectivity index (χ3n) is 5.95. The van der Waals surface area contributed by atoms with Crippen molar-refractivity contribution in [3.8, 4) is 5.75 Å². The van der Waals surface area contributed by atoms with E-state index in [9.17, 15) is 23.4 Å². The van der Waals surface area contributed by atoms with Crippen LogP contribution in [0.5, 0.6) is 5.75 Å². The number of halogens is 2. The Morgan fingerprint density at radius 3 is 2.26 bits per heavy atom. The molecule has 1 amide bonds. The summed E-state index contributed by atoms with van der Waals surface area (Å²) >= 11 is 5.97. The molecule has 1 atom stereocenters. The predicted molar refractivity (Wildman–Crippen MR) is 155 cm³/mol. The van der Waals surface area contributed by atoms with Crippen molar-refractivity contribution in [1.82, 2.24) is 5.32 Å². The fraction of sp³-hybridized carbons (Fsp3) is 0.138. The quantitative estimate of drug-likeness (QED) is 0.184. The number of phenols is 1. The number of carbonyl (C=O) groups excluding carboxylic acids is 1. The van der Waals surface area contributed by atoms with Gasteiger partial charge in [-0.25, -0.2) is 8.42 Å². The second-order valence-electron chi connectivity index (χ2n) is 8.67. The molecule has 0 bridgehead atoms. The van der Waals surface area contributed by atoms with E-state index in [1.54, 1.807) is 60.7 Å². The van der Waals surface area contributed by atoms with E-state index < -0.39 is 21.8 Å². The first-order valence-corrected chi connectivity index (χ1v) is 13.8. The highest BCUT2D eigenvalue weighted by Gasteiger charge is 2.21. The van der Waals surface area contributed by atoms with Crippen LogP contribution < -0.4 is 10.6 Å². The number of amides is 1. The summed E-state index contributed by atoms with van der Waals surface area (Å²) in [5.74, 6) is -0.935. The fourth-order valence-electron chi connectivity index (χ4n) is 3.86. The zero-order chi connectivity index (χ0) is 27.1. The monoisotopic (exact) mass is 586 g/mol. The molecule has 0 aliphatic carbocycles. The van der Waals surface area contributed by atoms with Crippen molar-refractivity contribution in [2.24, 2.45) is 0 Å². The molecule has 0 aromatic heterocycles. The third kappa shape index (κ3) is 7.81. The van der Waals surface area contributed by atoms with Gasteiger partial charge in [-0.15, -0.1) is 12.4 Å². The maximum absolute atomic E-state index is 13.2. The predicted octanol–water partition coefficient (Wildman–Crippen LogP) is 5.42. The van der Waals surface area contributed by atoms with Crippen LogP contribution in [0.1, 0.15) is 27.6 Å². The van der Waals surface area contributed by atoms with Crippen LogP contribution in [0.2, 0.25) is 5.02 Å². The summed E-state index contributed by atoms with van der Waals surface area (Å²) in [6.07, 6.45) is -0.0581. The molecule has 0 aliphatic rings. The Hall–Kier alpha value is -3.40. The zero-order valence-electron chi connectivity index (χ0n) is 20.7. The number of hydrogen-bond donors (Lipinski definition) is 4. The molecule has 0 fully saturated rings.